The Morgan fingerprint density at radius 1 is 0.841 bits per heavy atom. The van der Waals surface area contributed by atoms with E-state index in [0.717, 1.165) is 104 Å². The number of carbonyl (C=O) groups excluding carboxylic acids is 4. The van der Waals surface area contributed by atoms with Crippen molar-refractivity contribution in [1.29, 1.82) is 0 Å². The van der Waals surface area contributed by atoms with Gasteiger partial charge in [0.05, 0.1) is 28.7 Å². The first kappa shape index (κ1) is 47.4. The van der Waals surface area contributed by atoms with E-state index in [1.807, 2.05) is 6.92 Å². The van der Waals surface area contributed by atoms with E-state index in [2.05, 4.69) is 69.7 Å². The maximum atomic E-state index is 14.2. The number of Topliss-reactive ketones (excluding diaryl/α,β-unsaturated/α-hetero) is 1. The molecule has 2 aliphatic heterocycles. The number of carbonyl (C=O) groups is 4. The van der Waals surface area contributed by atoms with Gasteiger partial charge < -0.3 is 29.1 Å². The van der Waals surface area contributed by atoms with Crippen molar-refractivity contribution in [3.63, 3.8) is 0 Å². The summed E-state index contributed by atoms with van der Waals surface area (Å²) in [4.78, 5) is 73.4. The standard InChI is InChI=1S/C51H69N5O7/c1-14-16-17-18-21-61-32(7)46-30(5)38-23-37-29(4)34(19-20-43(58)56(26-44(59)62-50(8,9)10)27-45(60)63-51(11,12)13)48(54-37)35-22-42(57)47-31(6)39(55-49(35)47)24-40-33(15-2)28(3)36(52-40)25-41(46)53-38/h23-25,29,32,34,53,55H,14-22,26-27H2,1-13H3/t29-,32?,34-/m0/s1. The van der Waals surface area contributed by atoms with Crippen LogP contribution in [0.2, 0.25) is 0 Å². The molecule has 0 fully saturated rings. The van der Waals surface area contributed by atoms with Crippen LogP contribution in [0, 0.1) is 13.8 Å². The molecule has 63 heavy (non-hydrogen) atoms. The van der Waals surface area contributed by atoms with E-state index in [9.17, 15) is 19.2 Å². The topological polar surface area (TPSA) is 157 Å². The Bertz CT molecular complexity index is 2450. The number of hydrogen-bond donors (Lipinski definition) is 2. The Morgan fingerprint density at radius 2 is 1.48 bits per heavy atom. The molecule has 12 heteroatoms. The second kappa shape index (κ2) is 18.9. The fourth-order valence-electron chi connectivity index (χ4n) is 9.29. The number of unbranched alkanes of at least 4 members (excludes halogenated alkanes) is 3. The van der Waals surface area contributed by atoms with E-state index in [4.69, 9.17) is 24.2 Å². The third kappa shape index (κ3) is 10.6. The molecule has 0 aromatic carbocycles. The molecule has 3 aliphatic rings. The van der Waals surface area contributed by atoms with Gasteiger partial charge in [-0.05, 0) is 129 Å². The fraction of sp³-hybridized carbons (Fsp3) is 0.569. The number of hydrogen-bond acceptors (Lipinski definition) is 9. The molecule has 1 amide bonds. The second-order valence-electron chi connectivity index (χ2n) is 19.6. The third-order valence-corrected chi connectivity index (χ3v) is 12.4. The van der Waals surface area contributed by atoms with E-state index >= 15 is 0 Å². The number of esters is 2. The van der Waals surface area contributed by atoms with Gasteiger partial charge in [-0.3, -0.25) is 24.2 Å². The monoisotopic (exact) mass is 864 g/mol. The number of fused-ring (bicyclic) bond motifs is 8. The van der Waals surface area contributed by atoms with Gasteiger partial charge in [0.2, 0.25) is 5.91 Å². The summed E-state index contributed by atoms with van der Waals surface area (Å²) in [7, 11) is 0. The summed E-state index contributed by atoms with van der Waals surface area (Å²) in [5.41, 5.74) is 12.0. The lowest BCUT2D eigenvalue weighted by atomic mass is 9.85. The first-order valence-corrected chi connectivity index (χ1v) is 22.9. The van der Waals surface area contributed by atoms with Crippen LogP contribution in [0.5, 0.6) is 0 Å². The zero-order valence-corrected chi connectivity index (χ0v) is 39.9. The lowest BCUT2D eigenvalue weighted by molar-refractivity contribution is -0.163. The zero-order valence-electron chi connectivity index (χ0n) is 39.9. The molecule has 3 aromatic heterocycles. The highest BCUT2D eigenvalue weighted by molar-refractivity contribution is 6.13. The van der Waals surface area contributed by atoms with Gasteiger partial charge in [0.15, 0.2) is 5.78 Å². The van der Waals surface area contributed by atoms with E-state index in [0.29, 0.717) is 18.6 Å². The van der Waals surface area contributed by atoms with Gasteiger partial charge in [0.1, 0.15) is 24.3 Å². The van der Waals surface area contributed by atoms with E-state index < -0.39 is 36.2 Å². The van der Waals surface area contributed by atoms with Gasteiger partial charge in [-0.25, -0.2) is 4.98 Å². The predicted octanol–water partition coefficient (Wildman–Crippen LogP) is 10.8. The Morgan fingerprint density at radius 3 is 2.10 bits per heavy atom. The minimum Gasteiger partial charge on any atom is -0.459 e. The van der Waals surface area contributed by atoms with Crippen molar-refractivity contribution < 1.29 is 33.4 Å². The van der Waals surface area contributed by atoms with Crippen molar-refractivity contribution in [3.8, 4) is 0 Å². The van der Waals surface area contributed by atoms with Crippen molar-refractivity contribution in [2.24, 2.45) is 0 Å². The molecule has 0 radical (unpaired) electrons. The molecule has 5 heterocycles. The highest BCUT2D eigenvalue weighted by Gasteiger charge is 2.37. The number of aromatic nitrogens is 4. The first-order valence-electron chi connectivity index (χ1n) is 22.9. The van der Waals surface area contributed by atoms with Crippen LogP contribution in [-0.4, -0.2) is 79.4 Å². The van der Waals surface area contributed by atoms with Gasteiger partial charge in [-0.2, -0.15) is 0 Å². The number of H-pyrrole nitrogens is 2. The van der Waals surface area contributed by atoms with Crippen LogP contribution in [0.15, 0.2) is 18.2 Å². The predicted molar refractivity (Wildman–Crippen MR) is 248 cm³/mol. The SMILES string of the molecule is CCCCCCOC(C)c1c(C)c2cc3nc(c4c5[nH]c(cc6nc(cc1[nH]2)C(C)=C6CC)c(C)c5C(=O)C4)[C@@H](CCC(=O)N(CC(=O)OC(C)(C)C)CC(=O)OC(C)(C)C)[C@@H]3C. The van der Waals surface area contributed by atoms with Crippen molar-refractivity contribution in [2.45, 2.75) is 171 Å². The number of nitrogens with one attached hydrogen (secondary N) is 2. The number of aromatic amines is 2. The van der Waals surface area contributed by atoms with Crippen LogP contribution in [0.4, 0.5) is 0 Å². The molecular weight excluding hydrogens is 795 g/mol. The Balaban J connectivity index is 1.49. The molecule has 0 saturated heterocycles. The van der Waals surface area contributed by atoms with E-state index in [-0.39, 0.29) is 42.5 Å². The quantitative estimate of drug-likeness (QED) is 0.112. The molecule has 3 atom stereocenters. The Labute approximate surface area is 373 Å². The van der Waals surface area contributed by atoms with Crippen molar-refractivity contribution >= 4 is 56.8 Å². The summed E-state index contributed by atoms with van der Waals surface area (Å²) in [6.45, 7) is 25.2. The minimum absolute atomic E-state index is 0.0194. The molecule has 2 N–H and O–H groups in total. The van der Waals surface area contributed by atoms with Crippen LogP contribution in [-0.2, 0) is 35.0 Å². The summed E-state index contributed by atoms with van der Waals surface area (Å²) in [6.07, 6.45) is 5.65. The molecule has 0 saturated carbocycles. The summed E-state index contributed by atoms with van der Waals surface area (Å²) < 4.78 is 17.6. The van der Waals surface area contributed by atoms with Crippen LogP contribution in [0.3, 0.4) is 0 Å². The van der Waals surface area contributed by atoms with Crippen molar-refractivity contribution in [3.05, 3.63) is 68.8 Å². The fourth-order valence-corrected chi connectivity index (χ4v) is 9.29. The number of allylic oxidation sites excluding steroid dienone is 2. The lowest BCUT2D eigenvalue weighted by Crippen LogP contribution is -2.43. The number of ether oxygens (including phenoxy) is 3. The number of ketones is 1. The number of nitrogens with zero attached hydrogens (tertiary/aromatic N) is 3. The molecule has 340 valence electrons. The highest BCUT2D eigenvalue weighted by Crippen LogP contribution is 2.45. The Kier molecular flexibility index (Phi) is 14.2. The van der Waals surface area contributed by atoms with Crippen LogP contribution >= 0.6 is 0 Å². The van der Waals surface area contributed by atoms with Crippen LogP contribution < -0.4 is 0 Å². The summed E-state index contributed by atoms with van der Waals surface area (Å²) in [5.74, 6) is -2.00. The highest BCUT2D eigenvalue weighted by atomic mass is 16.6. The average Bonchev–Trinajstić information content (AvgIpc) is 3.94. The summed E-state index contributed by atoms with van der Waals surface area (Å²) in [5, 5.41) is 0. The zero-order chi connectivity index (χ0) is 46.1. The lowest BCUT2D eigenvalue weighted by Gasteiger charge is -2.27. The maximum Gasteiger partial charge on any atom is 0.326 e. The minimum atomic E-state index is -0.776. The van der Waals surface area contributed by atoms with Crippen molar-refractivity contribution in [1.82, 2.24) is 24.8 Å². The first-order chi connectivity index (χ1) is 29.6. The molecule has 6 rings (SSSR count). The molecule has 12 nitrogen and oxygen atoms in total. The van der Waals surface area contributed by atoms with Gasteiger partial charge >= 0.3 is 11.9 Å². The number of rotatable bonds is 15. The molecule has 3 aromatic rings. The van der Waals surface area contributed by atoms with Gasteiger partial charge in [0, 0.05) is 70.2 Å². The molecule has 1 unspecified atom stereocenters. The van der Waals surface area contributed by atoms with Gasteiger partial charge in [-0.1, -0.05) is 40.0 Å². The second-order valence-corrected chi connectivity index (χ2v) is 19.6. The smallest absolute Gasteiger partial charge is 0.326 e. The molecule has 1 aliphatic carbocycles. The number of amides is 1. The molecule has 0 spiro atoms. The largest absolute Gasteiger partial charge is 0.459 e. The average molecular weight is 864 g/mol. The van der Waals surface area contributed by atoms with Gasteiger partial charge in [-0.15, -0.1) is 0 Å². The van der Waals surface area contributed by atoms with Crippen LogP contribution in [0.25, 0.3) is 33.2 Å². The Hall–Kier alpha value is -5.10. The summed E-state index contributed by atoms with van der Waals surface area (Å²) in [6, 6.07) is 6.30. The van der Waals surface area contributed by atoms with Crippen LogP contribution in [0.1, 0.15) is 194 Å². The molecular formula is C51H69N5O7. The van der Waals surface area contributed by atoms with E-state index in [1.165, 1.54) is 11.3 Å². The van der Waals surface area contributed by atoms with Gasteiger partial charge in [0.25, 0.3) is 0 Å². The van der Waals surface area contributed by atoms with E-state index in [1.54, 1.807) is 41.5 Å². The van der Waals surface area contributed by atoms with Crippen molar-refractivity contribution in [2.75, 3.05) is 19.7 Å². The summed E-state index contributed by atoms with van der Waals surface area (Å²) >= 11 is 0. The normalized spacial score (nSPS) is 16.7. The third-order valence-electron chi connectivity index (χ3n) is 12.4. The molecule has 8 bridgehead atoms. The maximum absolute atomic E-state index is 14.2. The number of aryl methyl sites for hydroxylation is 2.